The van der Waals surface area contributed by atoms with Crippen molar-refractivity contribution in [1.82, 2.24) is 5.32 Å². The second kappa shape index (κ2) is 5.72. The van der Waals surface area contributed by atoms with Crippen LogP contribution in [-0.2, 0) is 0 Å². The van der Waals surface area contributed by atoms with Gasteiger partial charge in [-0.2, -0.15) is 0 Å². The Labute approximate surface area is 109 Å². The van der Waals surface area contributed by atoms with Crippen LogP contribution in [-0.4, -0.2) is 22.4 Å². The third-order valence-corrected chi connectivity index (χ3v) is 3.89. The summed E-state index contributed by atoms with van der Waals surface area (Å²) in [5.74, 6) is 0.289. The van der Waals surface area contributed by atoms with Gasteiger partial charge < -0.3 is 15.5 Å². The molecule has 0 radical (unpaired) electrons. The molecule has 2 rings (SSSR count). The van der Waals surface area contributed by atoms with Gasteiger partial charge in [-0.25, -0.2) is 0 Å². The van der Waals surface area contributed by atoms with E-state index in [1.54, 1.807) is 12.1 Å². The number of phenols is 1. The van der Waals surface area contributed by atoms with E-state index in [1.165, 1.54) is 6.42 Å². The summed E-state index contributed by atoms with van der Waals surface area (Å²) < 4.78 is 0. The molecule has 1 aromatic rings. The first-order chi connectivity index (χ1) is 8.59. The van der Waals surface area contributed by atoms with Gasteiger partial charge in [0, 0.05) is 12.6 Å². The molecule has 3 nitrogen and oxygen atoms in total. The van der Waals surface area contributed by atoms with E-state index < -0.39 is 5.60 Å². The van der Waals surface area contributed by atoms with Crippen molar-refractivity contribution in [3.05, 3.63) is 29.8 Å². The Hall–Kier alpha value is -1.06. The van der Waals surface area contributed by atoms with Crippen molar-refractivity contribution in [2.24, 2.45) is 0 Å². The van der Waals surface area contributed by atoms with Crippen molar-refractivity contribution in [2.45, 2.75) is 50.7 Å². The highest BCUT2D eigenvalue weighted by atomic mass is 16.3. The largest absolute Gasteiger partial charge is 0.508 e. The number of aromatic hydroxyl groups is 1. The highest BCUT2D eigenvalue weighted by molar-refractivity contribution is 5.29. The van der Waals surface area contributed by atoms with Gasteiger partial charge in [0.05, 0.1) is 5.60 Å². The Bertz CT molecular complexity index is 386. The zero-order valence-electron chi connectivity index (χ0n) is 11.0. The molecule has 0 aromatic heterocycles. The van der Waals surface area contributed by atoms with Crippen LogP contribution in [0.5, 0.6) is 5.75 Å². The molecule has 0 saturated heterocycles. The molecule has 0 spiro atoms. The summed E-state index contributed by atoms with van der Waals surface area (Å²) in [6.45, 7) is 2.69. The molecule has 0 bridgehead atoms. The van der Waals surface area contributed by atoms with E-state index in [0.717, 1.165) is 31.2 Å². The summed E-state index contributed by atoms with van der Waals surface area (Å²) in [6, 6.07) is 7.41. The maximum Gasteiger partial charge on any atom is 0.115 e. The van der Waals surface area contributed by atoms with Gasteiger partial charge in [0.15, 0.2) is 0 Å². The van der Waals surface area contributed by atoms with Crippen LogP contribution in [0.25, 0.3) is 0 Å². The molecule has 3 heteroatoms. The molecule has 1 atom stereocenters. The predicted octanol–water partition coefficient (Wildman–Crippen LogP) is 2.74. The van der Waals surface area contributed by atoms with E-state index in [0.29, 0.717) is 6.54 Å². The van der Waals surface area contributed by atoms with E-state index >= 15 is 0 Å². The number of benzene rings is 1. The van der Waals surface area contributed by atoms with Crippen LogP contribution < -0.4 is 5.32 Å². The topological polar surface area (TPSA) is 52.5 Å². The molecule has 0 aliphatic heterocycles. The Balaban J connectivity index is 1.89. The first kappa shape index (κ1) is 13.4. The summed E-state index contributed by atoms with van der Waals surface area (Å²) in [5.41, 5.74) is 0.512. The van der Waals surface area contributed by atoms with Crippen molar-refractivity contribution in [1.29, 1.82) is 0 Å². The molecule has 1 fully saturated rings. The molecule has 1 aliphatic rings. The summed E-state index contributed by atoms with van der Waals surface area (Å²) in [7, 11) is 0. The lowest BCUT2D eigenvalue weighted by Gasteiger charge is -2.33. The minimum atomic E-state index is -0.538. The lowest BCUT2D eigenvalue weighted by atomic mass is 9.84. The molecule has 1 unspecified atom stereocenters. The monoisotopic (exact) mass is 249 g/mol. The van der Waals surface area contributed by atoms with E-state index in [1.807, 2.05) is 12.1 Å². The Kier molecular flexibility index (Phi) is 4.25. The third kappa shape index (κ3) is 3.47. The van der Waals surface area contributed by atoms with E-state index in [4.69, 9.17) is 0 Å². The zero-order chi connectivity index (χ0) is 13.0. The zero-order valence-corrected chi connectivity index (χ0v) is 11.0. The van der Waals surface area contributed by atoms with Crippen LogP contribution in [0.15, 0.2) is 24.3 Å². The van der Waals surface area contributed by atoms with Crippen LogP contribution in [0.4, 0.5) is 0 Å². The summed E-state index contributed by atoms with van der Waals surface area (Å²) in [4.78, 5) is 0. The average Bonchev–Trinajstić information content (AvgIpc) is 2.37. The Morgan fingerprint density at radius 3 is 2.67 bits per heavy atom. The molecule has 0 amide bonds. The Morgan fingerprint density at radius 1 is 1.28 bits per heavy atom. The summed E-state index contributed by atoms with van der Waals surface area (Å²) in [6.07, 6.45) is 5.28. The lowest BCUT2D eigenvalue weighted by molar-refractivity contribution is 0.00300. The van der Waals surface area contributed by atoms with E-state index in [-0.39, 0.29) is 11.8 Å². The van der Waals surface area contributed by atoms with Crippen LogP contribution in [0.3, 0.4) is 0 Å². The number of aliphatic hydroxyl groups is 1. The van der Waals surface area contributed by atoms with Crippen LogP contribution in [0.1, 0.15) is 50.6 Å². The second-order valence-corrected chi connectivity index (χ2v) is 5.48. The van der Waals surface area contributed by atoms with Crippen LogP contribution >= 0.6 is 0 Å². The highest BCUT2D eigenvalue weighted by Gasteiger charge is 2.29. The fraction of sp³-hybridized carbons (Fsp3) is 0.600. The van der Waals surface area contributed by atoms with Crippen molar-refractivity contribution in [3.63, 3.8) is 0 Å². The highest BCUT2D eigenvalue weighted by Crippen LogP contribution is 2.28. The molecule has 18 heavy (non-hydrogen) atoms. The first-order valence-electron chi connectivity index (χ1n) is 6.84. The minimum Gasteiger partial charge on any atom is -0.508 e. The summed E-state index contributed by atoms with van der Waals surface area (Å²) >= 11 is 0. The van der Waals surface area contributed by atoms with Crippen molar-refractivity contribution >= 4 is 0 Å². The molecular weight excluding hydrogens is 226 g/mol. The summed E-state index contributed by atoms with van der Waals surface area (Å²) in [5, 5.41) is 23.2. The van der Waals surface area contributed by atoms with Gasteiger partial charge in [-0.05, 0) is 37.5 Å². The van der Waals surface area contributed by atoms with Crippen molar-refractivity contribution in [3.8, 4) is 5.75 Å². The van der Waals surface area contributed by atoms with Gasteiger partial charge in [-0.15, -0.1) is 0 Å². The third-order valence-electron chi connectivity index (χ3n) is 3.89. The standard InChI is InChI=1S/C15H23NO2/c1-12(13-6-5-7-14(17)10-13)16-11-15(18)8-3-2-4-9-15/h5-7,10,12,16-18H,2-4,8-9,11H2,1H3. The smallest absolute Gasteiger partial charge is 0.115 e. The molecule has 0 heterocycles. The van der Waals surface area contributed by atoms with Gasteiger partial charge in [0.25, 0.3) is 0 Å². The SMILES string of the molecule is CC(NCC1(O)CCCCC1)c1cccc(O)c1. The minimum absolute atomic E-state index is 0.142. The fourth-order valence-corrected chi connectivity index (χ4v) is 2.64. The molecule has 100 valence electrons. The van der Waals surface area contributed by atoms with Gasteiger partial charge in [0.2, 0.25) is 0 Å². The van der Waals surface area contributed by atoms with Crippen molar-refractivity contribution in [2.75, 3.05) is 6.54 Å². The quantitative estimate of drug-likeness (QED) is 0.769. The first-order valence-corrected chi connectivity index (χ1v) is 6.84. The maximum atomic E-state index is 10.4. The van der Waals surface area contributed by atoms with Gasteiger partial charge in [0.1, 0.15) is 5.75 Å². The van der Waals surface area contributed by atoms with Crippen LogP contribution in [0.2, 0.25) is 0 Å². The predicted molar refractivity (Wildman–Crippen MR) is 72.6 cm³/mol. The average molecular weight is 249 g/mol. The molecular formula is C15H23NO2. The number of phenolic OH excluding ortho intramolecular Hbond substituents is 1. The number of nitrogens with one attached hydrogen (secondary N) is 1. The van der Waals surface area contributed by atoms with Crippen LogP contribution in [0, 0.1) is 0 Å². The maximum absolute atomic E-state index is 10.4. The molecule has 1 aromatic carbocycles. The molecule has 3 N–H and O–H groups in total. The van der Waals surface area contributed by atoms with E-state index in [9.17, 15) is 10.2 Å². The normalized spacial score (nSPS) is 20.6. The fourth-order valence-electron chi connectivity index (χ4n) is 2.64. The molecule has 1 aliphatic carbocycles. The van der Waals surface area contributed by atoms with Gasteiger partial charge >= 0.3 is 0 Å². The van der Waals surface area contributed by atoms with Gasteiger partial charge in [-0.1, -0.05) is 31.4 Å². The molecule has 1 saturated carbocycles. The van der Waals surface area contributed by atoms with Gasteiger partial charge in [-0.3, -0.25) is 0 Å². The second-order valence-electron chi connectivity index (χ2n) is 5.48. The Morgan fingerprint density at radius 2 is 2.00 bits per heavy atom. The number of rotatable bonds is 4. The number of hydrogen-bond donors (Lipinski definition) is 3. The lowest BCUT2D eigenvalue weighted by Crippen LogP contribution is -2.42. The van der Waals surface area contributed by atoms with E-state index in [2.05, 4.69) is 12.2 Å². The van der Waals surface area contributed by atoms with Crippen molar-refractivity contribution < 1.29 is 10.2 Å². The number of hydrogen-bond acceptors (Lipinski definition) is 3.